The van der Waals surface area contributed by atoms with Crippen molar-refractivity contribution >= 4 is 35.1 Å². The molecule has 1 aliphatic rings. The second-order valence-electron chi connectivity index (χ2n) is 4.95. The van der Waals surface area contributed by atoms with Crippen LogP contribution in [-0.2, 0) is 0 Å². The molecule has 0 bridgehead atoms. The van der Waals surface area contributed by atoms with Crippen LogP contribution in [0.2, 0.25) is 0 Å². The van der Waals surface area contributed by atoms with Gasteiger partial charge in [-0.25, -0.2) is 4.98 Å². The number of pyridine rings is 1. The van der Waals surface area contributed by atoms with Gasteiger partial charge < -0.3 is 4.98 Å². The number of fused-ring (bicyclic) bond motifs is 1. The highest BCUT2D eigenvalue weighted by Gasteiger charge is 2.27. The van der Waals surface area contributed by atoms with Crippen LogP contribution in [0.15, 0.2) is 12.1 Å². The third-order valence-corrected chi connectivity index (χ3v) is 5.15. The third-order valence-electron chi connectivity index (χ3n) is 3.76. The first-order valence-electron chi connectivity index (χ1n) is 6.29. The second-order valence-corrected chi connectivity index (χ2v) is 6.47. The number of H-pyrrole nitrogens is 1. The summed E-state index contributed by atoms with van der Waals surface area (Å²) in [6.45, 7) is 2.03. The highest BCUT2D eigenvalue weighted by molar-refractivity contribution is 7.99. The van der Waals surface area contributed by atoms with Gasteiger partial charge in [0.05, 0.1) is 5.52 Å². The summed E-state index contributed by atoms with van der Waals surface area (Å²) in [6, 6.07) is 4.61. The average molecular weight is 279 g/mol. The topological polar surface area (TPSA) is 33.6 Å². The van der Waals surface area contributed by atoms with Crippen LogP contribution in [0.1, 0.15) is 31.0 Å². The Morgan fingerprint density at radius 1 is 1.44 bits per heavy atom. The SMILES string of the molecule is CSC1CCC(n2c(=S)[nH]c3ccc(C)nc32)C1. The monoisotopic (exact) mass is 279 g/mol. The van der Waals surface area contributed by atoms with Crippen LogP contribution in [0.25, 0.3) is 11.2 Å². The van der Waals surface area contributed by atoms with Gasteiger partial charge >= 0.3 is 0 Å². The molecule has 5 heteroatoms. The summed E-state index contributed by atoms with van der Waals surface area (Å²) < 4.78 is 3.04. The van der Waals surface area contributed by atoms with Crippen molar-refractivity contribution < 1.29 is 0 Å². The van der Waals surface area contributed by atoms with Gasteiger partial charge in [0.1, 0.15) is 0 Å². The molecule has 1 saturated carbocycles. The first kappa shape index (κ1) is 12.2. The molecule has 0 radical (unpaired) electrons. The quantitative estimate of drug-likeness (QED) is 0.848. The van der Waals surface area contributed by atoms with Gasteiger partial charge in [0, 0.05) is 17.0 Å². The molecule has 0 saturated heterocycles. The molecule has 0 spiro atoms. The normalized spacial score (nSPS) is 23.9. The molecule has 18 heavy (non-hydrogen) atoms. The molecule has 96 valence electrons. The van der Waals surface area contributed by atoms with Crippen molar-refractivity contribution in [1.82, 2.24) is 14.5 Å². The Morgan fingerprint density at radius 3 is 3.00 bits per heavy atom. The summed E-state index contributed by atoms with van der Waals surface area (Å²) in [5.74, 6) is 0. The maximum Gasteiger partial charge on any atom is 0.179 e. The van der Waals surface area contributed by atoms with Crippen LogP contribution >= 0.6 is 24.0 Å². The Hall–Kier alpha value is -0.810. The Kier molecular flexibility index (Phi) is 3.20. The van der Waals surface area contributed by atoms with Gasteiger partial charge in [0.15, 0.2) is 10.4 Å². The van der Waals surface area contributed by atoms with Gasteiger partial charge in [0.2, 0.25) is 0 Å². The van der Waals surface area contributed by atoms with Crippen LogP contribution in [-0.4, -0.2) is 26.0 Å². The summed E-state index contributed by atoms with van der Waals surface area (Å²) in [7, 11) is 0. The van der Waals surface area contributed by atoms with E-state index >= 15 is 0 Å². The summed E-state index contributed by atoms with van der Waals surface area (Å²) >= 11 is 7.44. The van der Waals surface area contributed by atoms with Gasteiger partial charge in [-0.05, 0) is 56.8 Å². The molecule has 3 nitrogen and oxygen atoms in total. The van der Waals surface area contributed by atoms with Crippen molar-refractivity contribution in [3.8, 4) is 0 Å². The van der Waals surface area contributed by atoms with E-state index in [0.717, 1.165) is 26.9 Å². The molecule has 0 amide bonds. The minimum Gasteiger partial charge on any atom is -0.329 e. The number of rotatable bonds is 2. The Balaban J connectivity index is 2.08. The number of thioether (sulfide) groups is 1. The van der Waals surface area contributed by atoms with Gasteiger partial charge in [-0.2, -0.15) is 11.8 Å². The average Bonchev–Trinajstić information content (AvgIpc) is 2.92. The summed E-state index contributed by atoms with van der Waals surface area (Å²) in [6.07, 6.45) is 5.90. The third kappa shape index (κ3) is 1.99. The van der Waals surface area contributed by atoms with Gasteiger partial charge in [-0.1, -0.05) is 0 Å². The zero-order chi connectivity index (χ0) is 12.7. The van der Waals surface area contributed by atoms with Crippen molar-refractivity contribution in [2.24, 2.45) is 0 Å². The maximum absolute atomic E-state index is 5.47. The number of nitrogens with one attached hydrogen (secondary N) is 1. The fourth-order valence-corrected chi connectivity index (χ4v) is 3.93. The van der Waals surface area contributed by atoms with E-state index in [0.29, 0.717) is 6.04 Å². The first-order chi connectivity index (χ1) is 8.69. The number of aromatic amines is 1. The molecule has 0 aromatic carbocycles. The van der Waals surface area contributed by atoms with Crippen molar-refractivity contribution in [2.45, 2.75) is 37.5 Å². The summed E-state index contributed by atoms with van der Waals surface area (Å²) in [5, 5.41) is 0.770. The second kappa shape index (κ2) is 4.70. The van der Waals surface area contributed by atoms with Crippen molar-refractivity contribution in [2.75, 3.05) is 6.26 Å². The Morgan fingerprint density at radius 2 is 2.28 bits per heavy atom. The summed E-state index contributed by atoms with van der Waals surface area (Å²) in [4.78, 5) is 7.92. The Bertz CT molecular complexity index is 629. The number of aromatic nitrogens is 3. The molecule has 3 rings (SSSR count). The van der Waals surface area contributed by atoms with E-state index in [4.69, 9.17) is 12.2 Å². The number of aryl methyl sites for hydroxylation is 1. The van der Waals surface area contributed by atoms with E-state index in [9.17, 15) is 0 Å². The molecule has 1 aliphatic carbocycles. The molecule has 1 N–H and O–H groups in total. The lowest BCUT2D eigenvalue weighted by molar-refractivity contribution is 0.524. The Labute approximate surface area is 116 Å². The van der Waals surface area contributed by atoms with Gasteiger partial charge in [-0.15, -0.1) is 0 Å². The molecule has 0 aliphatic heterocycles. The van der Waals surface area contributed by atoms with E-state index in [2.05, 4.69) is 26.9 Å². The minimum absolute atomic E-state index is 0.512. The van der Waals surface area contributed by atoms with Crippen molar-refractivity contribution in [3.05, 3.63) is 22.6 Å². The van der Waals surface area contributed by atoms with Crippen LogP contribution in [0.5, 0.6) is 0 Å². The van der Waals surface area contributed by atoms with Crippen molar-refractivity contribution in [1.29, 1.82) is 0 Å². The standard InChI is InChI=1S/C13H17N3S2/c1-8-3-6-11-12(14-8)16(13(17)15-11)9-4-5-10(7-9)18-2/h3,6,9-10H,4-5,7H2,1-2H3,(H,15,17). The molecule has 2 heterocycles. The van der Waals surface area contributed by atoms with E-state index in [-0.39, 0.29) is 0 Å². The highest BCUT2D eigenvalue weighted by Crippen LogP contribution is 2.37. The van der Waals surface area contributed by atoms with Crippen LogP contribution in [0.4, 0.5) is 0 Å². The lowest BCUT2D eigenvalue weighted by Gasteiger charge is -2.12. The molecule has 1 fully saturated rings. The molecule has 2 atom stereocenters. The highest BCUT2D eigenvalue weighted by atomic mass is 32.2. The van der Waals surface area contributed by atoms with E-state index in [1.807, 2.05) is 24.8 Å². The van der Waals surface area contributed by atoms with Crippen molar-refractivity contribution in [3.63, 3.8) is 0 Å². The predicted octanol–water partition coefficient (Wildman–Crippen LogP) is 3.86. The maximum atomic E-state index is 5.47. The van der Waals surface area contributed by atoms with Gasteiger partial charge in [0.25, 0.3) is 0 Å². The van der Waals surface area contributed by atoms with Crippen LogP contribution in [0, 0.1) is 11.7 Å². The number of nitrogens with zero attached hydrogens (tertiary/aromatic N) is 2. The smallest absolute Gasteiger partial charge is 0.179 e. The minimum atomic E-state index is 0.512. The lowest BCUT2D eigenvalue weighted by atomic mass is 10.2. The van der Waals surface area contributed by atoms with E-state index < -0.39 is 0 Å². The molecule has 2 unspecified atom stereocenters. The molecular weight excluding hydrogens is 262 g/mol. The number of hydrogen-bond donors (Lipinski definition) is 1. The fourth-order valence-electron chi connectivity index (χ4n) is 2.80. The molecular formula is C13H17N3S2. The molecule has 2 aromatic rings. The van der Waals surface area contributed by atoms with E-state index in [1.165, 1.54) is 19.3 Å². The number of hydrogen-bond acceptors (Lipinski definition) is 3. The number of imidazole rings is 1. The summed E-state index contributed by atoms with van der Waals surface area (Å²) in [5.41, 5.74) is 3.12. The zero-order valence-corrected chi connectivity index (χ0v) is 12.3. The molecule has 2 aromatic heterocycles. The van der Waals surface area contributed by atoms with Gasteiger partial charge in [-0.3, -0.25) is 4.57 Å². The largest absolute Gasteiger partial charge is 0.329 e. The van der Waals surface area contributed by atoms with Crippen LogP contribution < -0.4 is 0 Å². The zero-order valence-electron chi connectivity index (χ0n) is 10.6. The lowest BCUT2D eigenvalue weighted by Crippen LogP contribution is -2.07. The first-order valence-corrected chi connectivity index (χ1v) is 7.99. The van der Waals surface area contributed by atoms with E-state index in [1.54, 1.807) is 0 Å². The predicted molar refractivity (Wildman–Crippen MR) is 79.8 cm³/mol. The fraction of sp³-hybridized carbons (Fsp3) is 0.538. The van der Waals surface area contributed by atoms with Crippen LogP contribution in [0.3, 0.4) is 0 Å².